The highest BCUT2D eigenvalue weighted by Crippen LogP contribution is 2.24. The molecule has 3 heterocycles. The Kier molecular flexibility index (Phi) is 7.15. The average molecular weight is 488 g/mol. The molecule has 0 saturated carbocycles. The first-order chi connectivity index (χ1) is 16.3. The summed E-state index contributed by atoms with van der Waals surface area (Å²) in [6.07, 6.45) is 3.18. The molecule has 1 aromatic heterocycles. The van der Waals surface area contributed by atoms with Crippen molar-refractivity contribution in [1.82, 2.24) is 9.29 Å². The summed E-state index contributed by atoms with van der Waals surface area (Å²) >= 11 is 0. The van der Waals surface area contributed by atoms with Crippen molar-refractivity contribution in [2.45, 2.75) is 24.7 Å². The third kappa shape index (κ3) is 5.21. The van der Waals surface area contributed by atoms with Gasteiger partial charge in [0.2, 0.25) is 15.9 Å². The van der Waals surface area contributed by atoms with Crippen LogP contribution in [-0.2, 0) is 19.6 Å². The van der Waals surface area contributed by atoms with Gasteiger partial charge in [0.1, 0.15) is 5.82 Å². The molecule has 11 heteroatoms. The zero-order valence-corrected chi connectivity index (χ0v) is 19.9. The van der Waals surface area contributed by atoms with Gasteiger partial charge in [-0.3, -0.25) is 9.59 Å². The number of nitrogens with two attached hydrogens (primary N) is 1. The SMILES string of the molecule is Cc1ccc(C(=O)Nc2ccc(N3CCCC(C(N)=O)C3)nc2)cc1S(=O)(=O)N1CCOCC1. The summed E-state index contributed by atoms with van der Waals surface area (Å²) in [4.78, 5) is 30.9. The number of ether oxygens (including phenoxy) is 1. The number of rotatable bonds is 6. The summed E-state index contributed by atoms with van der Waals surface area (Å²) < 4.78 is 32.8. The van der Waals surface area contributed by atoms with Crippen LogP contribution >= 0.6 is 0 Å². The monoisotopic (exact) mass is 487 g/mol. The van der Waals surface area contributed by atoms with Crippen molar-refractivity contribution in [3.8, 4) is 0 Å². The Morgan fingerprint density at radius 1 is 1.15 bits per heavy atom. The van der Waals surface area contributed by atoms with E-state index in [1.54, 1.807) is 37.4 Å². The van der Waals surface area contributed by atoms with E-state index in [9.17, 15) is 18.0 Å². The van der Waals surface area contributed by atoms with E-state index >= 15 is 0 Å². The Bertz CT molecular complexity index is 1160. The largest absolute Gasteiger partial charge is 0.379 e. The zero-order chi connectivity index (χ0) is 24.3. The summed E-state index contributed by atoms with van der Waals surface area (Å²) in [6, 6.07) is 8.16. The van der Waals surface area contributed by atoms with E-state index in [0.717, 1.165) is 19.4 Å². The van der Waals surface area contributed by atoms with Gasteiger partial charge in [0.15, 0.2) is 0 Å². The molecule has 1 aromatic carbocycles. The quantitative estimate of drug-likeness (QED) is 0.628. The van der Waals surface area contributed by atoms with Crippen molar-refractivity contribution in [3.05, 3.63) is 47.7 Å². The summed E-state index contributed by atoms with van der Waals surface area (Å²) in [5.41, 5.74) is 6.74. The van der Waals surface area contributed by atoms with Crippen molar-refractivity contribution in [1.29, 1.82) is 0 Å². The van der Waals surface area contributed by atoms with E-state index in [4.69, 9.17) is 10.5 Å². The molecule has 2 aliphatic heterocycles. The number of hydrogen-bond acceptors (Lipinski definition) is 7. The second-order valence-corrected chi connectivity index (χ2v) is 10.4. The van der Waals surface area contributed by atoms with Crippen molar-refractivity contribution in [2.24, 2.45) is 11.7 Å². The number of primary amides is 1. The molecule has 0 aliphatic carbocycles. The summed E-state index contributed by atoms with van der Waals surface area (Å²) in [5.74, 6) is -0.223. The van der Waals surface area contributed by atoms with Crippen LogP contribution in [0.2, 0.25) is 0 Å². The molecule has 4 rings (SSSR count). The second-order valence-electron chi connectivity index (χ2n) is 8.54. The first kappa shape index (κ1) is 24.1. The highest BCUT2D eigenvalue weighted by Gasteiger charge is 2.29. The first-order valence-corrected chi connectivity index (χ1v) is 12.7. The number of carbonyl (C=O) groups is 2. The van der Waals surface area contributed by atoms with Crippen LogP contribution in [0.25, 0.3) is 0 Å². The van der Waals surface area contributed by atoms with Gasteiger partial charge in [0.05, 0.1) is 35.9 Å². The van der Waals surface area contributed by atoms with Gasteiger partial charge in [-0.2, -0.15) is 4.31 Å². The number of piperidine rings is 1. The molecule has 0 spiro atoms. The molecule has 10 nitrogen and oxygen atoms in total. The molecule has 3 N–H and O–H groups in total. The van der Waals surface area contributed by atoms with Crippen LogP contribution in [0.5, 0.6) is 0 Å². The number of anilines is 2. The third-order valence-corrected chi connectivity index (χ3v) is 8.23. The highest BCUT2D eigenvalue weighted by atomic mass is 32.2. The van der Waals surface area contributed by atoms with Crippen LogP contribution in [0.1, 0.15) is 28.8 Å². The Balaban J connectivity index is 1.47. The van der Waals surface area contributed by atoms with Crippen LogP contribution in [0.15, 0.2) is 41.4 Å². The van der Waals surface area contributed by atoms with Gasteiger partial charge < -0.3 is 20.7 Å². The molecule has 2 fully saturated rings. The maximum Gasteiger partial charge on any atom is 0.255 e. The Morgan fingerprint density at radius 3 is 2.59 bits per heavy atom. The van der Waals surface area contributed by atoms with Crippen LogP contribution in [0, 0.1) is 12.8 Å². The van der Waals surface area contributed by atoms with E-state index in [2.05, 4.69) is 10.3 Å². The molecule has 182 valence electrons. The molecular formula is C23H29N5O5S. The first-order valence-electron chi connectivity index (χ1n) is 11.3. The molecule has 0 radical (unpaired) electrons. The summed E-state index contributed by atoms with van der Waals surface area (Å²) in [5, 5.41) is 2.77. The zero-order valence-electron chi connectivity index (χ0n) is 19.1. The Hall–Kier alpha value is -3.02. The Labute approximate surface area is 199 Å². The van der Waals surface area contributed by atoms with Crippen LogP contribution in [0.3, 0.4) is 0 Å². The van der Waals surface area contributed by atoms with Gasteiger partial charge in [-0.1, -0.05) is 6.07 Å². The maximum atomic E-state index is 13.1. The smallest absolute Gasteiger partial charge is 0.255 e. The minimum Gasteiger partial charge on any atom is -0.379 e. The minimum atomic E-state index is -3.73. The average Bonchev–Trinajstić information content (AvgIpc) is 2.85. The van der Waals surface area contributed by atoms with Gasteiger partial charge in [-0.05, 0) is 49.6 Å². The number of benzene rings is 1. The van der Waals surface area contributed by atoms with Crippen molar-refractivity contribution < 1.29 is 22.7 Å². The number of amides is 2. The fourth-order valence-corrected chi connectivity index (χ4v) is 5.87. The fourth-order valence-electron chi connectivity index (χ4n) is 4.21. The lowest BCUT2D eigenvalue weighted by molar-refractivity contribution is -0.122. The molecule has 34 heavy (non-hydrogen) atoms. The van der Waals surface area contributed by atoms with Crippen LogP contribution in [0.4, 0.5) is 11.5 Å². The number of nitrogens with one attached hydrogen (secondary N) is 1. The van der Waals surface area contributed by atoms with Gasteiger partial charge >= 0.3 is 0 Å². The third-order valence-electron chi connectivity index (χ3n) is 6.19. The lowest BCUT2D eigenvalue weighted by Gasteiger charge is -2.32. The number of aromatic nitrogens is 1. The van der Waals surface area contributed by atoms with Gasteiger partial charge in [0.25, 0.3) is 5.91 Å². The predicted molar refractivity (Wildman–Crippen MR) is 127 cm³/mol. The van der Waals surface area contributed by atoms with Crippen molar-refractivity contribution >= 4 is 33.3 Å². The van der Waals surface area contributed by atoms with Gasteiger partial charge in [-0.25, -0.2) is 13.4 Å². The van der Waals surface area contributed by atoms with E-state index in [-0.39, 0.29) is 35.4 Å². The molecule has 2 aliphatic rings. The number of morpholine rings is 1. The second kappa shape index (κ2) is 10.1. The van der Waals surface area contributed by atoms with Crippen molar-refractivity contribution in [2.75, 3.05) is 49.6 Å². The molecular weight excluding hydrogens is 458 g/mol. The van der Waals surface area contributed by atoms with Crippen LogP contribution in [-0.4, -0.2) is 68.9 Å². The number of pyridine rings is 1. The number of aryl methyl sites for hydroxylation is 1. The number of hydrogen-bond donors (Lipinski definition) is 2. The fraction of sp³-hybridized carbons (Fsp3) is 0.435. The maximum absolute atomic E-state index is 13.1. The molecule has 2 amide bonds. The molecule has 1 unspecified atom stereocenters. The van der Waals surface area contributed by atoms with Crippen molar-refractivity contribution in [3.63, 3.8) is 0 Å². The molecule has 0 bridgehead atoms. The van der Waals surface area contributed by atoms with Gasteiger partial charge in [0, 0.05) is 31.7 Å². The van der Waals surface area contributed by atoms with E-state index < -0.39 is 15.9 Å². The van der Waals surface area contributed by atoms with Crippen LogP contribution < -0.4 is 16.0 Å². The van der Waals surface area contributed by atoms with Gasteiger partial charge in [-0.15, -0.1) is 0 Å². The minimum absolute atomic E-state index is 0.115. The Morgan fingerprint density at radius 2 is 1.91 bits per heavy atom. The summed E-state index contributed by atoms with van der Waals surface area (Å²) in [7, 11) is -3.73. The van der Waals surface area contributed by atoms with E-state index in [1.165, 1.54) is 10.4 Å². The standard InChI is InChI=1S/C23H29N5O5S/c1-16-4-5-17(13-20(16)34(31,32)28-9-11-33-12-10-28)23(30)26-19-6-7-21(25-14-19)27-8-2-3-18(15-27)22(24)29/h4-7,13-14,18H,2-3,8-12,15H2,1H3,(H2,24,29)(H,26,30). The number of carbonyl (C=O) groups excluding carboxylic acids is 2. The summed E-state index contributed by atoms with van der Waals surface area (Å²) in [6.45, 7) is 4.29. The lowest BCUT2D eigenvalue weighted by atomic mass is 9.97. The molecule has 2 saturated heterocycles. The van der Waals surface area contributed by atoms with E-state index in [0.29, 0.717) is 36.8 Å². The highest BCUT2D eigenvalue weighted by molar-refractivity contribution is 7.89. The number of sulfonamides is 1. The molecule has 2 aromatic rings. The lowest BCUT2D eigenvalue weighted by Crippen LogP contribution is -2.41. The topological polar surface area (TPSA) is 135 Å². The normalized spacial score (nSPS) is 19.6. The number of nitrogens with zero attached hydrogens (tertiary/aromatic N) is 3. The van der Waals surface area contributed by atoms with E-state index in [1.807, 2.05) is 4.90 Å². The predicted octanol–water partition coefficient (Wildman–Crippen LogP) is 1.36. The molecule has 1 atom stereocenters.